The number of nitrogens with one attached hydrogen (secondary N) is 1. The molecular formula is C22H33FIN5S. The molecule has 5 nitrogen and oxygen atoms in total. The molecule has 1 aromatic heterocycles. The van der Waals surface area contributed by atoms with Gasteiger partial charge in [0.15, 0.2) is 5.96 Å². The lowest BCUT2D eigenvalue weighted by Crippen LogP contribution is -2.39. The topological polar surface area (TPSA) is 43.8 Å². The minimum atomic E-state index is -0.201. The Hall–Kier alpha value is -1.26. The first kappa shape index (κ1) is 25.0. The maximum absolute atomic E-state index is 13.1. The number of aryl methyl sites for hydroxylation is 1. The Kier molecular flexibility index (Phi) is 10.5. The van der Waals surface area contributed by atoms with Gasteiger partial charge in [0.25, 0.3) is 0 Å². The maximum atomic E-state index is 13.1. The molecule has 166 valence electrons. The Morgan fingerprint density at radius 1 is 1.30 bits per heavy atom. The first-order valence-electron chi connectivity index (χ1n) is 10.4. The van der Waals surface area contributed by atoms with Crippen LogP contribution in [-0.2, 0) is 13.1 Å². The highest BCUT2D eigenvalue weighted by atomic mass is 127. The second-order valence-corrected chi connectivity index (χ2v) is 8.82. The molecule has 1 aliphatic heterocycles. The molecule has 1 N–H and O–H groups in total. The molecule has 0 radical (unpaired) electrons. The summed E-state index contributed by atoms with van der Waals surface area (Å²) in [5.74, 6) is 1.33. The number of guanidine groups is 1. The number of piperidine rings is 1. The third-order valence-electron chi connectivity index (χ3n) is 5.29. The lowest BCUT2D eigenvalue weighted by Gasteiger charge is -2.31. The van der Waals surface area contributed by atoms with Crippen LogP contribution in [0.3, 0.4) is 0 Å². The Balaban J connectivity index is 0.00000320. The largest absolute Gasteiger partial charge is 0.357 e. The molecule has 1 saturated heterocycles. The third-order valence-corrected chi connectivity index (χ3v) is 6.11. The van der Waals surface area contributed by atoms with Gasteiger partial charge in [-0.15, -0.1) is 35.3 Å². The molecule has 3 rings (SSSR count). The Labute approximate surface area is 200 Å². The van der Waals surface area contributed by atoms with E-state index in [0.29, 0.717) is 12.5 Å². The van der Waals surface area contributed by atoms with Crippen molar-refractivity contribution in [2.24, 2.45) is 10.9 Å². The summed E-state index contributed by atoms with van der Waals surface area (Å²) in [6, 6.07) is 6.67. The van der Waals surface area contributed by atoms with Gasteiger partial charge in [0.1, 0.15) is 5.82 Å². The fourth-order valence-electron chi connectivity index (χ4n) is 3.66. The molecule has 0 aliphatic carbocycles. The normalized spacial score (nSPS) is 15.7. The Morgan fingerprint density at radius 2 is 2.00 bits per heavy atom. The predicted molar refractivity (Wildman–Crippen MR) is 134 cm³/mol. The zero-order valence-corrected chi connectivity index (χ0v) is 21.3. The average molecular weight is 546 g/mol. The summed E-state index contributed by atoms with van der Waals surface area (Å²) < 4.78 is 13.1. The van der Waals surface area contributed by atoms with E-state index in [1.807, 2.05) is 19.2 Å². The van der Waals surface area contributed by atoms with Crippen LogP contribution >= 0.6 is 35.3 Å². The predicted octanol–water partition coefficient (Wildman–Crippen LogP) is 4.52. The van der Waals surface area contributed by atoms with E-state index in [4.69, 9.17) is 4.99 Å². The van der Waals surface area contributed by atoms with Crippen molar-refractivity contribution in [2.75, 3.05) is 33.2 Å². The first-order valence-corrected chi connectivity index (χ1v) is 11.3. The number of hydrogen-bond acceptors (Lipinski definition) is 4. The molecule has 0 saturated carbocycles. The molecule has 2 aromatic rings. The number of halogens is 2. The van der Waals surface area contributed by atoms with E-state index in [1.165, 1.54) is 30.7 Å². The smallest absolute Gasteiger partial charge is 0.193 e. The summed E-state index contributed by atoms with van der Waals surface area (Å²) in [4.78, 5) is 14.1. The number of likely N-dealkylation sites (tertiary alicyclic amines) is 1. The van der Waals surface area contributed by atoms with Crippen molar-refractivity contribution in [3.8, 4) is 0 Å². The van der Waals surface area contributed by atoms with Crippen LogP contribution in [0.25, 0.3) is 0 Å². The zero-order valence-electron chi connectivity index (χ0n) is 18.1. The van der Waals surface area contributed by atoms with E-state index in [1.54, 1.807) is 11.3 Å². The number of aromatic nitrogens is 1. The summed E-state index contributed by atoms with van der Waals surface area (Å²) >= 11 is 1.73. The molecule has 2 heterocycles. The molecule has 30 heavy (non-hydrogen) atoms. The lowest BCUT2D eigenvalue weighted by atomic mass is 9.97. The number of hydrogen-bond donors (Lipinski definition) is 1. The fraction of sp³-hybridized carbons (Fsp3) is 0.545. The second kappa shape index (κ2) is 12.6. The van der Waals surface area contributed by atoms with E-state index in [-0.39, 0.29) is 29.8 Å². The molecule has 0 bridgehead atoms. The Morgan fingerprint density at radius 3 is 2.60 bits per heavy atom. The van der Waals surface area contributed by atoms with Crippen LogP contribution in [-0.4, -0.2) is 54.0 Å². The van der Waals surface area contributed by atoms with Gasteiger partial charge < -0.3 is 10.2 Å². The van der Waals surface area contributed by atoms with E-state index in [9.17, 15) is 4.39 Å². The molecule has 0 atom stereocenters. The van der Waals surface area contributed by atoms with Crippen LogP contribution in [0.4, 0.5) is 4.39 Å². The minimum Gasteiger partial charge on any atom is -0.357 e. The van der Waals surface area contributed by atoms with E-state index in [0.717, 1.165) is 49.3 Å². The van der Waals surface area contributed by atoms with Crippen molar-refractivity contribution in [3.05, 3.63) is 51.7 Å². The molecule has 0 unspecified atom stereocenters. The average Bonchev–Trinajstić information content (AvgIpc) is 3.12. The lowest BCUT2D eigenvalue weighted by molar-refractivity contribution is 0.179. The molecule has 0 spiro atoms. The second-order valence-electron chi connectivity index (χ2n) is 7.75. The number of aliphatic imine (C=N–C) groups is 1. The molecule has 8 heteroatoms. The van der Waals surface area contributed by atoms with Crippen LogP contribution in [0.1, 0.15) is 36.0 Å². The van der Waals surface area contributed by atoms with Crippen LogP contribution in [0.5, 0.6) is 0 Å². The highest BCUT2D eigenvalue weighted by molar-refractivity contribution is 14.0. The van der Waals surface area contributed by atoms with Gasteiger partial charge >= 0.3 is 0 Å². The fourth-order valence-corrected chi connectivity index (χ4v) is 4.26. The maximum Gasteiger partial charge on any atom is 0.193 e. The van der Waals surface area contributed by atoms with Gasteiger partial charge in [-0.05, 0) is 63.4 Å². The van der Waals surface area contributed by atoms with Crippen molar-refractivity contribution >= 4 is 41.3 Å². The van der Waals surface area contributed by atoms with Gasteiger partial charge in [0.05, 0.1) is 10.7 Å². The number of thiazole rings is 1. The minimum absolute atomic E-state index is 0. The first-order chi connectivity index (χ1) is 14.0. The van der Waals surface area contributed by atoms with Crippen LogP contribution < -0.4 is 5.32 Å². The Bertz CT molecular complexity index is 787. The van der Waals surface area contributed by atoms with Crippen molar-refractivity contribution in [1.29, 1.82) is 0 Å². The molecule has 1 aromatic carbocycles. The highest BCUT2D eigenvalue weighted by Gasteiger charge is 2.20. The van der Waals surface area contributed by atoms with Gasteiger partial charge in [-0.2, -0.15) is 0 Å². The number of benzene rings is 1. The van der Waals surface area contributed by atoms with Crippen LogP contribution in [0.2, 0.25) is 0 Å². The van der Waals surface area contributed by atoms with Gasteiger partial charge in [-0.1, -0.05) is 12.1 Å². The van der Waals surface area contributed by atoms with Crippen molar-refractivity contribution in [2.45, 2.75) is 39.8 Å². The van der Waals surface area contributed by atoms with Gasteiger partial charge in [0.2, 0.25) is 0 Å². The molecule has 1 fully saturated rings. The molecule has 1 aliphatic rings. The van der Waals surface area contributed by atoms with Crippen molar-refractivity contribution < 1.29 is 4.39 Å². The summed E-state index contributed by atoms with van der Waals surface area (Å²) in [7, 11) is 2.03. The van der Waals surface area contributed by atoms with Crippen molar-refractivity contribution in [3.63, 3.8) is 0 Å². The van der Waals surface area contributed by atoms with Gasteiger partial charge in [-0.25, -0.2) is 9.37 Å². The third kappa shape index (κ3) is 7.77. The van der Waals surface area contributed by atoms with E-state index in [2.05, 4.69) is 39.3 Å². The van der Waals surface area contributed by atoms with Crippen LogP contribution in [0, 0.1) is 18.7 Å². The summed E-state index contributed by atoms with van der Waals surface area (Å²) in [5, 5.41) is 6.70. The van der Waals surface area contributed by atoms with Crippen molar-refractivity contribution in [1.82, 2.24) is 20.1 Å². The molecular weight excluding hydrogens is 512 g/mol. The standard InChI is InChI=1S/C22H32FN5S.HI/c1-4-24-22(27(3)14-19-5-7-20(23)8-6-19)25-13-18-9-11-28(12-10-18)15-21-16-29-17(2)26-21;/h5-8,16,18H,4,9-15H2,1-3H3,(H,24,25);1H. The summed E-state index contributed by atoms with van der Waals surface area (Å²) in [6.07, 6.45) is 2.35. The molecule has 0 amide bonds. The van der Waals surface area contributed by atoms with E-state index >= 15 is 0 Å². The number of nitrogens with zero attached hydrogens (tertiary/aromatic N) is 4. The monoisotopic (exact) mass is 545 g/mol. The SMILES string of the molecule is CCNC(=NCC1CCN(Cc2csc(C)n2)CC1)N(C)Cc1ccc(F)cc1.I. The van der Waals surface area contributed by atoms with Gasteiger partial charge in [0, 0.05) is 38.6 Å². The highest BCUT2D eigenvalue weighted by Crippen LogP contribution is 2.20. The van der Waals surface area contributed by atoms with Gasteiger partial charge in [-0.3, -0.25) is 9.89 Å². The van der Waals surface area contributed by atoms with Crippen LogP contribution in [0.15, 0.2) is 34.6 Å². The summed E-state index contributed by atoms with van der Waals surface area (Å²) in [5.41, 5.74) is 2.27. The number of rotatable bonds is 7. The summed E-state index contributed by atoms with van der Waals surface area (Å²) in [6.45, 7) is 9.71. The quantitative estimate of drug-likeness (QED) is 0.316. The van der Waals surface area contributed by atoms with E-state index < -0.39 is 0 Å². The zero-order chi connectivity index (χ0) is 20.6.